The van der Waals surface area contributed by atoms with E-state index >= 15 is 0 Å². The van der Waals surface area contributed by atoms with Crippen molar-refractivity contribution in [3.8, 4) is 11.4 Å². The molecule has 8 heteroatoms. The zero-order chi connectivity index (χ0) is 23.4. The van der Waals surface area contributed by atoms with Crippen LogP contribution < -0.4 is 21.7 Å². The first-order chi connectivity index (χ1) is 16.0. The number of nitrogens with two attached hydrogens (primary N) is 1. The average molecular weight is 463 g/mol. The highest BCUT2D eigenvalue weighted by Crippen LogP contribution is 2.18. The highest BCUT2D eigenvalue weighted by atomic mass is 35.5. The van der Waals surface area contributed by atoms with Crippen LogP contribution in [0.2, 0.25) is 5.02 Å². The Morgan fingerprint density at radius 3 is 2.45 bits per heavy atom. The van der Waals surface area contributed by atoms with Gasteiger partial charge in [0.05, 0.1) is 19.3 Å². The second-order valence-corrected chi connectivity index (χ2v) is 7.95. The van der Waals surface area contributed by atoms with Gasteiger partial charge in [-0.25, -0.2) is 14.0 Å². The molecule has 0 spiro atoms. The fourth-order valence-electron chi connectivity index (χ4n) is 3.58. The molecule has 0 radical (unpaired) electrons. The van der Waals surface area contributed by atoms with E-state index in [0.29, 0.717) is 16.5 Å². The molecule has 7 nitrogen and oxygen atoms in total. The van der Waals surface area contributed by atoms with E-state index in [2.05, 4.69) is 5.10 Å². The Morgan fingerprint density at radius 2 is 1.73 bits per heavy atom. The molecule has 0 aliphatic rings. The van der Waals surface area contributed by atoms with Crippen molar-refractivity contribution in [2.45, 2.75) is 19.0 Å². The first-order valence-electron chi connectivity index (χ1n) is 10.4. The van der Waals surface area contributed by atoms with Crippen molar-refractivity contribution in [3.63, 3.8) is 0 Å². The number of hydrogen-bond acceptors (Lipinski definition) is 5. The van der Waals surface area contributed by atoms with Gasteiger partial charge in [0.2, 0.25) is 0 Å². The maximum absolute atomic E-state index is 13.4. The fraction of sp³-hybridized carbons (Fsp3) is 0.160. The number of benzene rings is 3. The molecule has 33 heavy (non-hydrogen) atoms. The van der Waals surface area contributed by atoms with E-state index in [9.17, 15) is 9.59 Å². The molecule has 3 aromatic carbocycles. The van der Waals surface area contributed by atoms with E-state index in [4.69, 9.17) is 22.1 Å². The van der Waals surface area contributed by atoms with E-state index in [-0.39, 0.29) is 18.7 Å². The molecular formula is C25H23ClN4O3. The topological polar surface area (TPSA) is 92.1 Å². The Bertz CT molecular complexity index is 1380. The van der Waals surface area contributed by atoms with Crippen LogP contribution in [0.25, 0.3) is 5.69 Å². The standard InChI is InChI=1S/C25H23ClN4O3/c1-33-20-12-7-11-19(15-20)30-24(31)23(14-18-10-5-6-13-21(18)26)28-29(25(30)32)16-22(27)17-8-3-2-4-9-17/h2-13,15,22H,14,16,27H2,1H3. The second kappa shape index (κ2) is 9.85. The lowest BCUT2D eigenvalue weighted by Gasteiger charge is -2.16. The van der Waals surface area contributed by atoms with Gasteiger partial charge in [-0.05, 0) is 29.3 Å². The van der Waals surface area contributed by atoms with Crippen molar-refractivity contribution < 1.29 is 4.74 Å². The number of rotatable bonds is 7. The number of aromatic nitrogens is 3. The van der Waals surface area contributed by atoms with Gasteiger partial charge in [-0.2, -0.15) is 5.10 Å². The van der Waals surface area contributed by atoms with E-state index < -0.39 is 17.3 Å². The third kappa shape index (κ3) is 4.89. The summed E-state index contributed by atoms with van der Waals surface area (Å²) in [4.78, 5) is 26.8. The van der Waals surface area contributed by atoms with Crippen molar-refractivity contribution in [3.05, 3.63) is 122 Å². The van der Waals surface area contributed by atoms with Crippen LogP contribution in [0.5, 0.6) is 5.75 Å². The summed E-state index contributed by atoms with van der Waals surface area (Å²) in [5.41, 5.74) is 7.43. The van der Waals surface area contributed by atoms with Crippen LogP contribution in [0.15, 0.2) is 88.5 Å². The maximum atomic E-state index is 13.4. The lowest BCUT2D eigenvalue weighted by atomic mass is 10.1. The fourth-order valence-corrected chi connectivity index (χ4v) is 3.79. The predicted octanol–water partition coefficient (Wildman–Crippen LogP) is 3.35. The molecule has 0 bridgehead atoms. The second-order valence-electron chi connectivity index (χ2n) is 7.54. The quantitative estimate of drug-likeness (QED) is 0.454. The molecular weight excluding hydrogens is 440 g/mol. The van der Waals surface area contributed by atoms with Crippen molar-refractivity contribution in [2.75, 3.05) is 7.11 Å². The summed E-state index contributed by atoms with van der Waals surface area (Å²) in [5, 5.41) is 4.92. The van der Waals surface area contributed by atoms with Crippen LogP contribution in [-0.2, 0) is 13.0 Å². The molecule has 0 amide bonds. The third-order valence-electron chi connectivity index (χ3n) is 5.33. The summed E-state index contributed by atoms with van der Waals surface area (Å²) in [5.74, 6) is 0.524. The first kappa shape index (κ1) is 22.5. The smallest absolute Gasteiger partial charge is 0.352 e. The van der Waals surface area contributed by atoms with E-state index in [1.165, 1.54) is 11.8 Å². The van der Waals surface area contributed by atoms with Gasteiger partial charge >= 0.3 is 5.69 Å². The molecule has 0 saturated heterocycles. The number of nitrogens with zero attached hydrogens (tertiary/aromatic N) is 3. The Kier molecular flexibility index (Phi) is 6.72. The summed E-state index contributed by atoms with van der Waals surface area (Å²) in [6.45, 7) is 0.0998. The minimum Gasteiger partial charge on any atom is -0.497 e. The van der Waals surface area contributed by atoms with Crippen LogP contribution in [0.1, 0.15) is 22.9 Å². The van der Waals surface area contributed by atoms with Crippen LogP contribution in [0.4, 0.5) is 0 Å². The van der Waals surface area contributed by atoms with E-state index in [0.717, 1.165) is 15.7 Å². The molecule has 168 valence electrons. The summed E-state index contributed by atoms with van der Waals surface area (Å²) < 4.78 is 7.61. The third-order valence-corrected chi connectivity index (χ3v) is 5.70. The van der Waals surface area contributed by atoms with Gasteiger partial charge in [-0.15, -0.1) is 0 Å². The van der Waals surface area contributed by atoms with E-state index in [1.807, 2.05) is 48.5 Å². The van der Waals surface area contributed by atoms with Gasteiger partial charge in [-0.1, -0.05) is 66.2 Å². The predicted molar refractivity (Wildman–Crippen MR) is 128 cm³/mol. The number of ether oxygens (including phenoxy) is 1. The van der Waals surface area contributed by atoms with Gasteiger partial charge in [0.25, 0.3) is 5.56 Å². The van der Waals surface area contributed by atoms with Crippen molar-refractivity contribution in [2.24, 2.45) is 5.73 Å². The van der Waals surface area contributed by atoms with Crippen LogP contribution in [0, 0.1) is 0 Å². The summed E-state index contributed by atoms with van der Waals surface area (Å²) >= 11 is 6.32. The number of methoxy groups -OCH3 is 1. The summed E-state index contributed by atoms with van der Waals surface area (Å²) in [7, 11) is 1.52. The summed E-state index contributed by atoms with van der Waals surface area (Å²) in [6, 6.07) is 22.9. The molecule has 0 fully saturated rings. The molecule has 1 unspecified atom stereocenters. The minimum atomic E-state index is -0.581. The Morgan fingerprint density at radius 1 is 1.00 bits per heavy atom. The Labute approximate surface area is 195 Å². The van der Waals surface area contributed by atoms with Gasteiger partial charge < -0.3 is 10.5 Å². The maximum Gasteiger partial charge on any atom is 0.352 e. The normalized spacial score (nSPS) is 11.8. The molecule has 0 aliphatic carbocycles. The van der Waals surface area contributed by atoms with Gasteiger partial charge in [0, 0.05) is 23.6 Å². The molecule has 4 aromatic rings. The zero-order valence-electron chi connectivity index (χ0n) is 18.0. The summed E-state index contributed by atoms with van der Waals surface area (Å²) in [6.07, 6.45) is 0.170. The van der Waals surface area contributed by atoms with Crippen molar-refractivity contribution >= 4 is 11.6 Å². The van der Waals surface area contributed by atoms with Crippen LogP contribution in [-0.4, -0.2) is 21.5 Å². The van der Waals surface area contributed by atoms with Crippen molar-refractivity contribution in [1.82, 2.24) is 14.3 Å². The molecule has 0 aliphatic heterocycles. The lowest BCUT2D eigenvalue weighted by molar-refractivity contribution is 0.414. The highest BCUT2D eigenvalue weighted by molar-refractivity contribution is 6.31. The van der Waals surface area contributed by atoms with Crippen molar-refractivity contribution in [1.29, 1.82) is 0 Å². The molecule has 1 heterocycles. The molecule has 4 rings (SSSR count). The van der Waals surface area contributed by atoms with Gasteiger partial charge in [0.1, 0.15) is 11.4 Å². The average Bonchev–Trinajstić information content (AvgIpc) is 2.84. The largest absolute Gasteiger partial charge is 0.497 e. The molecule has 2 N–H and O–H groups in total. The lowest BCUT2D eigenvalue weighted by Crippen LogP contribution is -2.44. The number of halogens is 1. The minimum absolute atomic E-state index is 0.0998. The van der Waals surface area contributed by atoms with Gasteiger partial charge in [-0.3, -0.25) is 4.79 Å². The van der Waals surface area contributed by atoms with Gasteiger partial charge in [0.15, 0.2) is 0 Å². The molecule has 1 aromatic heterocycles. The first-order valence-corrected chi connectivity index (χ1v) is 10.8. The molecule has 1 atom stereocenters. The SMILES string of the molecule is COc1cccc(-n2c(=O)c(Cc3ccccc3Cl)nn(CC(N)c3ccccc3)c2=O)c1. The van der Waals surface area contributed by atoms with E-state index in [1.54, 1.807) is 30.3 Å². The highest BCUT2D eigenvalue weighted by Gasteiger charge is 2.18. The number of hydrogen-bond donors (Lipinski definition) is 1. The zero-order valence-corrected chi connectivity index (χ0v) is 18.8. The molecule has 0 saturated carbocycles. The Balaban J connectivity index is 1.86. The van der Waals surface area contributed by atoms with Crippen LogP contribution >= 0.6 is 11.6 Å². The Hall–Kier alpha value is -3.68. The monoisotopic (exact) mass is 462 g/mol. The van der Waals surface area contributed by atoms with Crippen LogP contribution in [0.3, 0.4) is 0 Å².